The molecule has 3 unspecified atom stereocenters. The minimum Gasteiger partial charge on any atom is -0.370 e. The molecule has 0 aromatic carbocycles. The lowest BCUT2D eigenvalue weighted by Gasteiger charge is -2.34. The predicted molar refractivity (Wildman–Crippen MR) is 74.9 cm³/mol. The fraction of sp³-hybridized carbons (Fsp3) is 1.00. The normalized spacial score (nSPS) is 25.8. The summed E-state index contributed by atoms with van der Waals surface area (Å²) in [5, 5.41) is 2.73. The number of sulfone groups is 1. The molecular weight excluding hydrogens is 307 g/mol. The Balaban J connectivity index is 2.58. The number of alkyl halides is 3. The number of ether oxygens (including phenoxy) is 1. The number of rotatable bonds is 7. The van der Waals surface area contributed by atoms with Crippen molar-refractivity contribution in [2.75, 3.05) is 26.0 Å². The van der Waals surface area contributed by atoms with E-state index in [9.17, 15) is 21.6 Å². The number of likely N-dealkylation sites (N-methyl/N-ethyl adjacent to an activating group) is 1. The lowest BCUT2D eigenvalue weighted by Crippen LogP contribution is -2.44. The molecule has 1 N–H and O–H groups in total. The first kappa shape index (κ1) is 18.7. The fourth-order valence-electron chi connectivity index (χ4n) is 2.86. The third-order valence-electron chi connectivity index (χ3n) is 3.87. The second-order valence-corrected chi connectivity index (χ2v) is 8.00. The largest absolute Gasteiger partial charge is 0.411 e. The minimum absolute atomic E-state index is 0.0339. The lowest BCUT2D eigenvalue weighted by molar-refractivity contribution is -0.176. The van der Waals surface area contributed by atoms with Crippen molar-refractivity contribution in [3.05, 3.63) is 0 Å². The molecule has 4 nitrogen and oxygen atoms in total. The molecule has 0 saturated heterocycles. The summed E-state index contributed by atoms with van der Waals surface area (Å²) in [6.45, 7) is 1.17. The van der Waals surface area contributed by atoms with Gasteiger partial charge in [0.2, 0.25) is 0 Å². The monoisotopic (exact) mass is 331 g/mol. The van der Waals surface area contributed by atoms with E-state index in [4.69, 9.17) is 4.74 Å². The van der Waals surface area contributed by atoms with E-state index in [2.05, 4.69) is 5.32 Å². The van der Waals surface area contributed by atoms with Crippen LogP contribution in [0.25, 0.3) is 0 Å². The van der Waals surface area contributed by atoms with E-state index >= 15 is 0 Å². The molecule has 21 heavy (non-hydrogen) atoms. The second kappa shape index (κ2) is 7.78. The highest BCUT2D eigenvalue weighted by Crippen LogP contribution is 2.31. The zero-order chi connectivity index (χ0) is 16.1. The van der Waals surface area contributed by atoms with E-state index in [1.165, 1.54) is 6.26 Å². The van der Waals surface area contributed by atoms with Gasteiger partial charge in [-0.1, -0.05) is 13.3 Å². The maximum Gasteiger partial charge on any atom is 0.411 e. The van der Waals surface area contributed by atoms with E-state index in [0.29, 0.717) is 19.4 Å². The van der Waals surface area contributed by atoms with Gasteiger partial charge in [0, 0.05) is 12.3 Å². The molecule has 1 aliphatic carbocycles. The SMILES string of the molecule is CCNC(COCC(F)(F)F)C1CCCC(S(C)(=O)=O)C1. The van der Waals surface area contributed by atoms with Crippen LogP contribution in [-0.2, 0) is 14.6 Å². The molecule has 0 bridgehead atoms. The summed E-state index contributed by atoms with van der Waals surface area (Å²) in [6, 6.07) is -0.234. The molecule has 1 aliphatic rings. The van der Waals surface area contributed by atoms with Crippen LogP contribution in [0, 0.1) is 5.92 Å². The Bertz CT molecular complexity index is 411. The Hall–Kier alpha value is -0.340. The molecule has 1 rings (SSSR count). The summed E-state index contributed by atoms with van der Waals surface area (Å²) < 4.78 is 64.4. The van der Waals surface area contributed by atoms with Crippen LogP contribution >= 0.6 is 0 Å². The van der Waals surface area contributed by atoms with Gasteiger partial charge in [-0.2, -0.15) is 13.2 Å². The average Bonchev–Trinajstić information content (AvgIpc) is 2.35. The minimum atomic E-state index is -4.33. The van der Waals surface area contributed by atoms with Crippen LogP contribution < -0.4 is 5.32 Å². The first-order valence-corrected chi connectivity index (χ1v) is 9.15. The van der Waals surface area contributed by atoms with Gasteiger partial charge < -0.3 is 10.1 Å². The fourth-order valence-corrected chi connectivity index (χ4v) is 4.05. The van der Waals surface area contributed by atoms with Crippen molar-refractivity contribution in [3.8, 4) is 0 Å². The van der Waals surface area contributed by atoms with Gasteiger partial charge in [-0.05, 0) is 31.7 Å². The average molecular weight is 331 g/mol. The first-order valence-electron chi connectivity index (χ1n) is 7.20. The molecule has 0 aliphatic heterocycles. The Morgan fingerprint density at radius 1 is 1.33 bits per heavy atom. The quantitative estimate of drug-likeness (QED) is 0.777. The molecule has 0 spiro atoms. The summed E-state index contributed by atoms with van der Waals surface area (Å²) in [5.74, 6) is 0.0339. The van der Waals surface area contributed by atoms with Gasteiger partial charge >= 0.3 is 6.18 Å². The van der Waals surface area contributed by atoms with Crippen LogP contribution in [-0.4, -0.2) is 51.9 Å². The maximum absolute atomic E-state index is 12.1. The van der Waals surface area contributed by atoms with Gasteiger partial charge in [0.25, 0.3) is 0 Å². The molecule has 0 radical (unpaired) electrons. The molecule has 8 heteroatoms. The van der Waals surface area contributed by atoms with Gasteiger partial charge in [-0.15, -0.1) is 0 Å². The van der Waals surface area contributed by atoms with E-state index in [-0.39, 0.29) is 23.8 Å². The predicted octanol–water partition coefficient (Wildman–Crippen LogP) is 2.15. The topological polar surface area (TPSA) is 55.4 Å². The Kier molecular flexibility index (Phi) is 6.93. The van der Waals surface area contributed by atoms with E-state index < -0.39 is 22.6 Å². The molecule has 0 amide bonds. The highest BCUT2D eigenvalue weighted by Gasteiger charge is 2.34. The van der Waals surface area contributed by atoms with Crippen LogP contribution in [0.3, 0.4) is 0 Å². The van der Waals surface area contributed by atoms with Crippen molar-refractivity contribution in [2.24, 2.45) is 5.92 Å². The van der Waals surface area contributed by atoms with Gasteiger partial charge in [-0.25, -0.2) is 8.42 Å². The Morgan fingerprint density at radius 2 is 2.00 bits per heavy atom. The van der Waals surface area contributed by atoms with Crippen LogP contribution in [0.2, 0.25) is 0 Å². The van der Waals surface area contributed by atoms with Crippen molar-refractivity contribution in [3.63, 3.8) is 0 Å². The van der Waals surface area contributed by atoms with E-state index in [1.54, 1.807) is 0 Å². The number of hydrogen-bond acceptors (Lipinski definition) is 4. The van der Waals surface area contributed by atoms with Crippen molar-refractivity contribution >= 4 is 9.84 Å². The first-order chi connectivity index (χ1) is 9.63. The van der Waals surface area contributed by atoms with Crippen LogP contribution in [0.5, 0.6) is 0 Å². The summed E-state index contributed by atoms with van der Waals surface area (Å²) in [6.07, 6.45) is -0.382. The van der Waals surface area contributed by atoms with Crippen molar-refractivity contribution in [1.82, 2.24) is 5.32 Å². The third kappa shape index (κ3) is 6.97. The van der Waals surface area contributed by atoms with Crippen LogP contribution in [0.15, 0.2) is 0 Å². The molecule has 1 saturated carbocycles. The van der Waals surface area contributed by atoms with Gasteiger partial charge in [0.15, 0.2) is 0 Å². The Morgan fingerprint density at radius 3 is 2.52 bits per heavy atom. The zero-order valence-electron chi connectivity index (χ0n) is 12.4. The van der Waals surface area contributed by atoms with Gasteiger partial charge in [0.1, 0.15) is 16.4 Å². The maximum atomic E-state index is 12.1. The number of halogens is 3. The standard InChI is InChI=1S/C13H24F3NO3S/c1-3-17-12(8-20-9-13(14,15)16)10-5-4-6-11(7-10)21(2,18)19/h10-12,17H,3-9H2,1-2H3. The molecule has 0 aromatic heterocycles. The number of hydrogen-bond donors (Lipinski definition) is 1. The molecule has 3 atom stereocenters. The highest BCUT2D eigenvalue weighted by atomic mass is 32.2. The summed E-state index contributed by atoms with van der Waals surface area (Å²) in [4.78, 5) is 0. The summed E-state index contributed by atoms with van der Waals surface area (Å²) in [7, 11) is -3.10. The lowest BCUT2D eigenvalue weighted by atomic mass is 9.83. The summed E-state index contributed by atoms with van der Waals surface area (Å²) in [5.41, 5.74) is 0. The molecule has 126 valence electrons. The zero-order valence-corrected chi connectivity index (χ0v) is 13.3. The Labute approximate surface area is 124 Å². The second-order valence-electron chi connectivity index (χ2n) is 5.67. The van der Waals surface area contributed by atoms with Crippen molar-refractivity contribution < 1.29 is 26.3 Å². The van der Waals surface area contributed by atoms with Gasteiger partial charge in [-0.3, -0.25) is 0 Å². The molecule has 0 aromatic rings. The van der Waals surface area contributed by atoms with Gasteiger partial charge in [0.05, 0.1) is 11.9 Å². The third-order valence-corrected chi connectivity index (χ3v) is 5.51. The highest BCUT2D eigenvalue weighted by molar-refractivity contribution is 7.91. The molecular formula is C13H24F3NO3S. The van der Waals surface area contributed by atoms with E-state index in [0.717, 1.165) is 12.8 Å². The van der Waals surface area contributed by atoms with Crippen molar-refractivity contribution in [1.29, 1.82) is 0 Å². The smallest absolute Gasteiger partial charge is 0.370 e. The van der Waals surface area contributed by atoms with Crippen LogP contribution in [0.1, 0.15) is 32.6 Å². The van der Waals surface area contributed by atoms with Crippen molar-refractivity contribution in [2.45, 2.75) is 50.1 Å². The molecule has 0 heterocycles. The number of nitrogens with one attached hydrogen (secondary N) is 1. The molecule has 1 fully saturated rings. The summed E-state index contributed by atoms with van der Waals surface area (Å²) >= 11 is 0. The van der Waals surface area contributed by atoms with E-state index in [1.807, 2.05) is 6.92 Å². The van der Waals surface area contributed by atoms with Crippen LogP contribution in [0.4, 0.5) is 13.2 Å².